The molecule has 0 radical (unpaired) electrons. The monoisotopic (exact) mass is 569 g/mol. The van der Waals surface area contributed by atoms with E-state index < -0.39 is 0 Å². The smallest absolute Gasteiger partial charge is 0.251 e. The SMILES string of the molecule is CC(C)c1ccc(-c2ccc(Oc3cc(C(=O)NC4CCN(C(C)C)CC4)ccc3CN3C[C@@H](C)CC3=O)cc2)nn1. The quantitative estimate of drug-likeness (QED) is 0.339. The first-order valence-electron chi connectivity index (χ1n) is 15.2. The number of hydrogen-bond acceptors (Lipinski definition) is 6. The molecule has 1 atom stereocenters. The van der Waals surface area contributed by atoms with Crippen molar-refractivity contribution < 1.29 is 14.3 Å². The van der Waals surface area contributed by atoms with Gasteiger partial charge in [-0.05, 0) is 87.1 Å². The standard InChI is InChI=1S/C34H43N5O3/c1-22(2)30-12-13-31(37-36-30)25-8-10-29(11-9-25)42-32-19-26(6-7-27(32)21-39-20-24(5)18-33(39)40)34(41)35-28-14-16-38(17-15-28)23(3)4/h6-13,19,22-24,28H,14-18,20-21H2,1-5H3,(H,35,41)/t24-/m0/s1. The van der Waals surface area contributed by atoms with E-state index in [9.17, 15) is 9.59 Å². The highest BCUT2D eigenvalue weighted by atomic mass is 16.5. The highest BCUT2D eigenvalue weighted by Crippen LogP contribution is 2.31. The Kier molecular flexibility index (Phi) is 9.21. The Balaban J connectivity index is 1.33. The number of ether oxygens (including phenoxy) is 1. The molecule has 3 aromatic rings. The van der Waals surface area contributed by atoms with E-state index in [1.54, 1.807) is 0 Å². The number of aromatic nitrogens is 2. The van der Waals surface area contributed by atoms with Crippen LogP contribution in [0, 0.1) is 5.92 Å². The normalized spacial score (nSPS) is 18.2. The van der Waals surface area contributed by atoms with Crippen LogP contribution in [0.25, 0.3) is 11.3 Å². The van der Waals surface area contributed by atoms with E-state index in [4.69, 9.17) is 4.74 Å². The molecule has 2 aliphatic rings. The molecule has 2 saturated heterocycles. The molecule has 0 spiro atoms. The number of nitrogens with one attached hydrogen (secondary N) is 1. The van der Waals surface area contributed by atoms with Gasteiger partial charge in [-0.3, -0.25) is 9.59 Å². The molecule has 8 heteroatoms. The van der Waals surface area contributed by atoms with Crippen molar-refractivity contribution in [3.05, 3.63) is 71.4 Å². The molecule has 0 unspecified atom stereocenters. The lowest BCUT2D eigenvalue weighted by atomic mass is 10.0. The summed E-state index contributed by atoms with van der Waals surface area (Å²) in [4.78, 5) is 30.2. The molecule has 2 aromatic carbocycles. The number of hydrogen-bond donors (Lipinski definition) is 1. The van der Waals surface area contributed by atoms with Crippen molar-refractivity contribution >= 4 is 11.8 Å². The van der Waals surface area contributed by atoms with Crippen LogP contribution < -0.4 is 10.1 Å². The highest BCUT2D eigenvalue weighted by molar-refractivity contribution is 5.95. The Bertz CT molecular complexity index is 1380. The van der Waals surface area contributed by atoms with Crippen LogP contribution in [0.4, 0.5) is 0 Å². The Morgan fingerprint density at radius 2 is 1.74 bits per heavy atom. The van der Waals surface area contributed by atoms with Gasteiger partial charge in [0.25, 0.3) is 5.91 Å². The van der Waals surface area contributed by atoms with Gasteiger partial charge in [0.1, 0.15) is 11.5 Å². The second kappa shape index (κ2) is 13.0. The highest BCUT2D eigenvalue weighted by Gasteiger charge is 2.28. The zero-order valence-corrected chi connectivity index (χ0v) is 25.5. The third-order valence-electron chi connectivity index (χ3n) is 8.35. The fourth-order valence-electron chi connectivity index (χ4n) is 5.70. The van der Waals surface area contributed by atoms with Crippen LogP contribution in [0.5, 0.6) is 11.5 Å². The van der Waals surface area contributed by atoms with E-state index in [2.05, 4.69) is 55.0 Å². The number of piperidine rings is 1. The van der Waals surface area contributed by atoms with Crippen LogP contribution >= 0.6 is 0 Å². The molecule has 8 nitrogen and oxygen atoms in total. The van der Waals surface area contributed by atoms with Gasteiger partial charge in [-0.2, -0.15) is 10.2 Å². The van der Waals surface area contributed by atoms with Crippen molar-refractivity contribution in [1.29, 1.82) is 0 Å². The lowest BCUT2D eigenvalue weighted by Gasteiger charge is -2.34. The summed E-state index contributed by atoms with van der Waals surface area (Å²) in [6.45, 7) is 13.9. The average molecular weight is 570 g/mol. The predicted octanol–water partition coefficient (Wildman–Crippen LogP) is 6.03. The third-order valence-corrected chi connectivity index (χ3v) is 8.35. The molecule has 2 fully saturated rings. The molecule has 0 saturated carbocycles. The molecule has 222 valence electrons. The minimum Gasteiger partial charge on any atom is -0.457 e. The molecule has 2 amide bonds. The molecule has 42 heavy (non-hydrogen) atoms. The van der Waals surface area contributed by atoms with Crippen molar-refractivity contribution in [2.45, 2.75) is 78.4 Å². The molecule has 5 rings (SSSR count). The average Bonchev–Trinajstić information content (AvgIpc) is 3.30. The van der Waals surface area contributed by atoms with Crippen molar-refractivity contribution in [2.24, 2.45) is 5.92 Å². The number of amides is 2. The summed E-state index contributed by atoms with van der Waals surface area (Å²) >= 11 is 0. The number of likely N-dealkylation sites (tertiary alicyclic amines) is 2. The molecule has 2 aliphatic heterocycles. The van der Waals surface area contributed by atoms with Crippen LogP contribution in [0.1, 0.15) is 81.4 Å². The Hall–Kier alpha value is -3.78. The van der Waals surface area contributed by atoms with E-state index in [0.29, 0.717) is 47.9 Å². The van der Waals surface area contributed by atoms with Gasteiger partial charge in [-0.25, -0.2) is 0 Å². The fourth-order valence-corrected chi connectivity index (χ4v) is 5.70. The first kappa shape index (κ1) is 29.7. The topological polar surface area (TPSA) is 87.7 Å². The Morgan fingerprint density at radius 1 is 1.00 bits per heavy atom. The van der Waals surface area contributed by atoms with Gasteiger partial charge in [0.15, 0.2) is 0 Å². The van der Waals surface area contributed by atoms with Gasteiger partial charge >= 0.3 is 0 Å². The van der Waals surface area contributed by atoms with Gasteiger partial charge < -0.3 is 19.9 Å². The predicted molar refractivity (Wildman–Crippen MR) is 164 cm³/mol. The fraction of sp³-hybridized carbons (Fsp3) is 0.471. The minimum absolute atomic E-state index is 0.0981. The number of rotatable bonds is 9. The van der Waals surface area contributed by atoms with E-state index in [-0.39, 0.29) is 17.9 Å². The van der Waals surface area contributed by atoms with E-state index in [1.807, 2.05) is 59.5 Å². The lowest BCUT2D eigenvalue weighted by molar-refractivity contribution is -0.128. The van der Waals surface area contributed by atoms with Crippen LogP contribution in [-0.4, -0.2) is 63.5 Å². The van der Waals surface area contributed by atoms with Gasteiger partial charge in [0.05, 0.1) is 11.4 Å². The first-order valence-corrected chi connectivity index (χ1v) is 15.2. The van der Waals surface area contributed by atoms with E-state index >= 15 is 0 Å². The van der Waals surface area contributed by atoms with Crippen LogP contribution in [-0.2, 0) is 11.3 Å². The molecular formula is C34H43N5O3. The second-order valence-electron chi connectivity index (χ2n) is 12.4. The zero-order chi connectivity index (χ0) is 29.8. The van der Waals surface area contributed by atoms with E-state index in [0.717, 1.165) is 55.0 Å². The Labute approximate surface area is 249 Å². The van der Waals surface area contributed by atoms with Crippen LogP contribution in [0.3, 0.4) is 0 Å². The number of carbonyl (C=O) groups excluding carboxylic acids is 2. The van der Waals surface area contributed by atoms with Crippen molar-refractivity contribution in [1.82, 2.24) is 25.3 Å². The zero-order valence-electron chi connectivity index (χ0n) is 25.5. The number of benzene rings is 2. The van der Waals surface area contributed by atoms with E-state index in [1.165, 1.54) is 0 Å². The second-order valence-corrected chi connectivity index (χ2v) is 12.4. The van der Waals surface area contributed by atoms with Crippen LogP contribution in [0.15, 0.2) is 54.6 Å². The molecular weight excluding hydrogens is 526 g/mol. The lowest BCUT2D eigenvalue weighted by Crippen LogP contribution is -2.46. The van der Waals surface area contributed by atoms with Crippen molar-refractivity contribution in [2.75, 3.05) is 19.6 Å². The largest absolute Gasteiger partial charge is 0.457 e. The molecule has 0 aliphatic carbocycles. The van der Waals surface area contributed by atoms with Crippen molar-refractivity contribution in [3.63, 3.8) is 0 Å². The summed E-state index contributed by atoms with van der Waals surface area (Å²) in [6, 6.07) is 18.0. The minimum atomic E-state index is -0.0981. The summed E-state index contributed by atoms with van der Waals surface area (Å²) < 4.78 is 6.38. The summed E-state index contributed by atoms with van der Waals surface area (Å²) in [7, 11) is 0. The maximum absolute atomic E-state index is 13.3. The van der Waals surface area contributed by atoms with Gasteiger partial charge in [0, 0.05) is 61.4 Å². The number of carbonyl (C=O) groups is 2. The van der Waals surface area contributed by atoms with Gasteiger partial charge in [0.2, 0.25) is 5.91 Å². The summed E-state index contributed by atoms with van der Waals surface area (Å²) in [5.74, 6) is 1.94. The molecule has 3 heterocycles. The molecule has 1 aromatic heterocycles. The number of nitrogens with zero attached hydrogens (tertiary/aromatic N) is 4. The van der Waals surface area contributed by atoms with Gasteiger partial charge in [-0.1, -0.05) is 26.8 Å². The van der Waals surface area contributed by atoms with Gasteiger partial charge in [-0.15, -0.1) is 0 Å². The first-order chi connectivity index (χ1) is 20.2. The van der Waals surface area contributed by atoms with Crippen LogP contribution in [0.2, 0.25) is 0 Å². The summed E-state index contributed by atoms with van der Waals surface area (Å²) in [6.07, 6.45) is 2.45. The molecule has 0 bridgehead atoms. The van der Waals surface area contributed by atoms with Crippen molar-refractivity contribution in [3.8, 4) is 22.8 Å². The summed E-state index contributed by atoms with van der Waals surface area (Å²) in [5, 5.41) is 12.0. The third kappa shape index (κ3) is 7.16. The maximum Gasteiger partial charge on any atom is 0.251 e. The molecule has 1 N–H and O–H groups in total. The maximum atomic E-state index is 13.3. The Morgan fingerprint density at radius 3 is 2.33 bits per heavy atom. The summed E-state index contributed by atoms with van der Waals surface area (Å²) in [5.41, 5.74) is 4.13.